The summed E-state index contributed by atoms with van der Waals surface area (Å²) >= 11 is 0. The summed E-state index contributed by atoms with van der Waals surface area (Å²) in [6.45, 7) is 3.48. The Labute approximate surface area is 142 Å². The number of ether oxygens (including phenoxy) is 1. The molecule has 23 heavy (non-hydrogen) atoms. The number of halogens is 2. The van der Waals surface area contributed by atoms with Gasteiger partial charge in [-0.3, -0.25) is 4.79 Å². The minimum absolute atomic E-state index is 0. The number of carbonyl (C=O) groups excluding carboxylic acids is 1. The van der Waals surface area contributed by atoms with Crippen molar-refractivity contribution in [3.8, 4) is 0 Å². The third-order valence-electron chi connectivity index (χ3n) is 4.23. The minimum atomic E-state index is -0.243. The van der Waals surface area contributed by atoms with Gasteiger partial charge in [-0.25, -0.2) is 4.39 Å². The molecular formula is C17H24ClFN2O2. The van der Waals surface area contributed by atoms with Crippen molar-refractivity contribution in [3.63, 3.8) is 0 Å². The maximum atomic E-state index is 13.0. The highest BCUT2D eigenvalue weighted by atomic mass is 35.5. The Morgan fingerprint density at radius 1 is 1.30 bits per heavy atom. The van der Waals surface area contributed by atoms with Gasteiger partial charge in [0.1, 0.15) is 5.82 Å². The number of hydrogen-bond donors (Lipinski definition) is 1. The number of carbonyl (C=O) groups is 1. The SMILES string of the molecule is Cl.O=C(CC1COCCN1)N(Cc1ccc(F)cc1)CC1CC1. The fourth-order valence-corrected chi connectivity index (χ4v) is 2.77. The van der Waals surface area contributed by atoms with Gasteiger partial charge in [-0.2, -0.15) is 0 Å². The quantitative estimate of drug-likeness (QED) is 0.863. The smallest absolute Gasteiger partial charge is 0.224 e. The molecule has 0 bridgehead atoms. The highest BCUT2D eigenvalue weighted by Crippen LogP contribution is 2.30. The first-order valence-corrected chi connectivity index (χ1v) is 8.04. The Hall–Kier alpha value is -1.17. The van der Waals surface area contributed by atoms with Crippen LogP contribution in [0.5, 0.6) is 0 Å². The molecule has 4 nitrogen and oxygen atoms in total. The summed E-state index contributed by atoms with van der Waals surface area (Å²) in [7, 11) is 0. The summed E-state index contributed by atoms with van der Waals surface area (Å²) in [4.78, 5) is 14.5. The summed E-state index contributed by atoms with van der Waals surface area (Å²) in [5.41, 5.74) is 0.975. The largest absolute Gasteiger partial charge is 0.378 e. The molecule has 1 aromatic carbocycles. The Kier molecular flexibility index (Phi) is 6.81. The van der Waals surface area contributed by atoms with E-state index in [4.69, 9.17) is 4.74 Å². The molecule has 1 atom stereocenters. The highest BCUT2D eigenvalue weighted by Gasteiger charge is 2.28. The van der Waals surface area contributed by atoms with Crippen LogP contribution in [-0.4, -0.2) is 43.2 Å². The molecule has 0 aromatic heterocycles. The van der Waals surface area contributed by atoms with E-state index >= 15 is 0 Å². The van der Waals surface area contributed by atoms with Crippen LogP contribution in [0.4, 0.5) is 4.39 Å². The van der Waals surface area contributed by atoms with Gasteiger partial charge in [0.15, 0.2) is 0 Å². The van der Waals surface area contributed by atoms with Gasteiger partial charge in [0, 0.05) is 32.1 Å². The zero-order valence-electron chi connectivity index (χ0n) is 13.2. The topological polar surface area (TPSA) is 41.6 Å². The van der Waals surface area contributed by atoms with Crippen molar-refractivity contribution in [1.82, 2.24) is 10.2 Å². The van der Waals surface area contributed by atoms with Crippen molar-refractivity contribution in [2.75, 3.05) is 26.3 Å². The maximum absolute atomic E-state index is 13.0. The summed E-state index contributed by atoms with van der Waals surface area (Å²) in [5, 5.41) is 3.32. The van der Waals surface area contributed by atoms with Crippen molar-refractivity contribution in [1.29, 1.82) is 0 Å². The van der Waals surface area contributed by atoms with Crippen molar-refractivity contribution in [2.24, 2.45) is 5.92 Å². The number of morpholine rings is 1. The first-order valence-electron chi connectivity index (χ1n) is 8.04. The number of amides is 1. The molecule has 1 amide bonds. The molecule has 1 aliphatic carbocycles. The Bertz CT molecular complexity index is 502. The lowest BCUT2D eigenvalue weighted by atomic mass is 10.1. The molecule has 0 spiro atoms. The van der Waals surface area contributed by atoms with Crippen LogP contribution in [0.15, 0.2) is 24.3 Å². The van der Waals surface area contributed by atoms with E-state index in [2.05, 4.69) is 5.32 Å². The molecule has 3 rings (SSSR count). The molecule has 1 aliphatic heterocycles. The molecule has 0 radical (unpaired) electrons. The summed E-state index contributed by atoms with van der Waals surface area (Å²) in [6.07, 6.45) is 2.88. The van der Waals surface area contributed by atoms with Gasteiger partial charge in [-0.1, -0.05) is 12.1 Å². The molecule has 1 unspecified atom stereocenters. The van der Waals surface area contributed by atoms with E-state index in [1.165, 1.54) is 25.0 Å². The third kappa shape index (κ3) is 5.75. The Balaban J connectivity index is 0.00000192. The number of nitrogens with one attached hydrogen (secondary N) is 1. The van der Waals surface area contributed by atoms with E-state index in [0.29, 0.717) is 32.1 Å². The predicted octanol–water partition coefficient (Wildman–Crippen LogP) is 2.36. The molecule has 2 fully saturated rings. The van der Waals surface area contributed by atoms with Crippen molar-refractivity contribution < 1.29 is 13.9 Å². The molecule has 128 valence electrons. The molecule has 1 saturated heterocycles. The van der Waals surface area contributed by atoms with Crippen LogP contribution in [0, 0.1) is 11.7 Å². The van der Waals surface area contributed by atoms with Crippen LogP contribution in [0.25, 0.3) is 0 Å². The summed E-state index contributed by atoms with van der Waals surface area (Å²) < 4.78 is 18.4. The zero-order chi connectivity index (χ0) is 15.4. The van der Waals surface area contributed by atoms with E-state index in [1.54, 1.807) is 12.1 Å². The van der Waals surface area contributed by atoms with Crippen molar-refractivity contribution >= 4 is 18.3 Å². The minimum Gasteiger partial charge on any atom is -0.378 e. The fourth-order valence-electron chi connectivity index (χ4n) is 2.77. The van der Waals surface area contributed by atoms with Gasteiger partial charge >= 0.3 is 0 Å². The van der Waals surface area contributed by atoms with Crippen molar-refractivity contribution in [2.45, 2.75) is 31.8 Å². The first kappa shape index (κ1) is 18.2. The summed E-state index contributed by atoms with van der Waals surface area (Å²) in [6, 6.07) is 6.52. The molecule has 6 heteroatoms. The van der Waals surface area contributed by atoms with Gasteiger partial charge in [0.05, 0.1) is 13.2 Å². The van der Waals surface area contributed by atoms with Crippen LogP contribution < -0.4 is 5.32 Å². The van der Waals surface area contributed by atoms with E-state index in [1.807, 2.05) is 4.90 Å². The second-order valence-corrected chi connectivity index (χ2v) is 6.27. The third-order valence-corrected chi connectivity index (χ3v) is 4.23. The maximum Gasteiger partial charge on any atom is 0.224 e. The van der Waals surface area contributed by atoms with E-state index in [-0.39, 0.29) is 30.2 Å². The second-order valence-electron chi connectivity index (χ2n) is 6.27. The predicted molar refractivity (Wildman–Crippen MR) is 89.0 cm³/mol. The first-order chi connectivity index (χ1) is 10.7. The van der Waals surface area contributed by atoms with Crippen LogP contribution in [0.1, 0.15) is 24.8 Å². The van der Waals surface area contributed by atoms with E-state index in [0.717, 1.165) is 18.7 Å². The lowest BCUT2D eigenvalue weighted by molar-refractivity contribution is -0.133. The fraction of sp³-hybridized carbons (Fsp3) is 0.588. The lowest BCUT2D eigenvalue weighted by Gasteiger charge is -2.28. The van der Waals surface area contributed by atoms with Gasteiger partial charge in [0.2, 0.25) is 5.91 Å². The number of hydrogen-bond acceptors (Lipinski definition) is 3. The standard InChI is InChI=1S/C17H23FN2O2.ClH/c18-15-5-3-14(4-6-15)11-20(10-13-1-2-13)17(21)9-16-12-22-8-7-19-16;/h3-6,13,16,19H,1-2,7-12H2;1H. The van der Waals surface area contributed by atoms with Gasteiger partial charge in [-0.15, -0.1) is 12.4 Å². The van der Waals surface area contributed by atoms with Crippen LogP contribution in [0.2, 0.25) is 0 Å². The average molecular weight is 343 g/mol. The summed E-state index contributed by atoms with van der Waals surface area (Å²) in [5.74, 6) is 0.548. The number of benzene rings is 1. The molecule has 1 heterocycles. The lowest BCUT2D eigenvalue weighted by Crippen LogP contribution is -2.45. The molecule has 1 saturated carbocycles. The normalized spacial score (nSPS) is 20.7. The van der Waals surface area contributed by atoms with Gasteiger partial charge in [-0.05, 0) is 36.5 Å². The van der Waals surface area contributed by atoms with Crippen LogP contribution >= 0.6 is 12.4 Å². The Morgan fingerprint density at radius 3 is 2.65 bits per heavy atom. The highest BCUT2D eigenvalue weighted by molar-refractivity contribution is 5.85. The van der Waals surface area contributed by atoms with Crippen molar-refractivity contribution in [3.05, 3.63) is 35.6 Å². The van der Waals surface area contributed by atoms with Crippen LogP contribution in [0.3, 0.4) is 0 Å². The van der Waals surface area contributed by atoms with Gasteiger partial charge < -0.3 is 15.0 Å². The van der Waals surface area contributed by atoms with E-state index < -0.39 is 0 Å². The molecular weight excluding hydrogens is 319 g/mol. The monoisotopic (exact) mass is 342 g/mol. The number of rotatable bonds is 6. The second kappa shape index (κ2) is 8.62. The molecule has 1 N–H and O–H groups in total. The number of nitrogens with zero attached hydrogens (tertiary/aromatic N) is 1. The molecule has 1 aromatic rings. The van der Waals surface area contributed by atoms with Gasteiger partial charge in [0.25, 0.3) is 0 Å². The Morgan fingerprint density at radius 2 is 2.04 bits per heavy atom. The van der Waals surface area contributed by atoms with E-state index in [9.17, 15) is 9.18 Å². The molecule has 2 aliphatic rings. The zero-order valence-corrected chi connectivity index (χ0v) is 14.0. The average Bonchev–Trinajstić information content (AvgIpc) is 3.34. The van der Waals surface area contributed by atoms with Crippen LogP contribution in [-0.2, 0) is 16.1 Å².